The van der Waals surface area contributed by atoms with Crippen molar-refractivity contribution in [2.24, 2.45) is 11.8 Å². The van der Waals surface area contributed by atoms with Gasteiger partial charge < -0.3 is 4.74 Å². The first-order chi connectivity index (χ1) is 6.79. The minimum Gasteiger partial charge on any atom is -0.381 e. The van der Waals surface area contributed by atoms with Crippen LogP contribution in [0.2, 0.25) is 0 Å². The summed E-state index contributed by atoms with van der Waals surface area (Å²) in [5, 5.41) is 8.59. The third-order valence-electron chi connectivity index (χ3n) is 2.86. The Hall–Kier alpha value is -0.880. The highest BCUT2D eigenvalue weighted by molar-refractivity contribution is 5.83. The first-order valence-corrected chi connectivity index (χ1v) is 5.28. The molecule has 0 amide bonds. The Bertz CT molecular complexity index is 226. The first kappa shape index (κ1) is 11.2. The van der Waals surface area contributed by atoms with E-state index in [9.17, 15) is 4.79 Å². The molecule has 1 aliphatic rings. The Morgan fingerprint density at radius 3 is 2.71 bits per heavy atom. The predicted octanol–water partition coefficient (Wildman–Crippen LogP) is 1.92. The van der Waals surface area contributed by atoms with Crippen molar-refractivity contribution in [3.63, 3.8) is 0 Å². The topological polar surface area (TPSA) is 50.1 Å². The molecule has 3 nitrogen and oxygen atoms in total. The van der Waals surface area contributed by atoms with Gasteiger partial charge in [0.1, 0.15) is 5.78 Å². The zero-order valence-electron chi connectivity index (χ0n) is 8.66. The molecule has 78 valence electrons. The number of carbonyl (C=O) groups is 1. The van der Waals surface area contributed by atoms with E-state index in [4.69, 9.17) is 10.00 Å². The highest BCUT2D eigenvalue weighted by Gasteiger charge is 2.26. The van der Waals surface area contributed by atoms with Crippen LogP contribution in [0.3, 0.4) is 0 Å². The van der Waals surface area contributed by atoms with Crippen LogP contribution in [0.25, 0.3) is 0 Å². The van der Waals surface area contributed by atoms with Gasteiger partial charge in [0.15, 0.2) is 0 Å². The maximum absolute atomic E-state index is 11.9. The number of ether oxygens (including phenoxy) is 1. The third kappa shape index (κ3) is 2.81. The Morgan fingerprint density at radius 1 is 1.57 bits per heavy atom. The van der Waals surface area contributed by atoms with Gasteiger partial charge in [-0.05, 0) is 19.3 Å². The zero-order valence-corrected chi connectivity index (χ0v) is 8.66. The number of nitriles is 1. The maximum atomic E-state index is 11.9. The van der Waals surface area contributed by atoms with Crippen molar-refractivity contribution in [2.45, 2.75) is 32.6 Å². The Labute approximate surface area is 85.1 Å². The first-order valence-electron chi connectivity index (χ1n) is 5.28. The Kier molecular flexibility index (Phi) is 4.61. The average Bonchev–Trinajstić information content (AvgIpc) is 2.26. The molecule has 1 fully saturated rings. The smallest absolute Gasteiger partial charge is 0.140 e. The fourth-order valence-corrected chi connectivity index (χ4v) is 1.87. The summed E-state index contributed by atoms with van der Waals surface area (Å²) in [5.41, 5.74) is 0. The molecule has 0 spiro atoms. The summed E-state index contributed by atoms with van der Waals surface area (Å²) in [7, 11) is 0. The predicted molar refractivity (Wildman–Crippen MR) is 52.6 cm³/mol. The van der Waals surface area contributed by atoms with Crippen LogP contribution in [0.15, 0.2) is 0 Å². The summed E-state index contributed by atoms with van der Waals surface area (Å²) < 4.78 is 5.21. The molecular formula is C11H17NO2. The van der Waals surface area contributed by atoms with Gasteiger partial charge in [0.2, 0.25) is 0 Å². The molecule has 0 saturated carbocycles. The van der Waals surface area contributed by atoms with Gasteiger partial charge in [-0.15, -0.1) is 0 Å². The van der Waals surface area contributed by atoms with E-state index in [0.717, 1.165) is 19.3 Å². The number of nitrogens with zero attached hydrogens (tertiary/aromatic N) is 1. The SMILES string of the molecule is CCC(CC#N)C(=O)C1CCOCC1. The van der Waals surface area contributed by atoms with Crippen molar-refractivity contribution in [1.82, 2.24) is 0 Å². The minimum absolute atomic E-state index is 0.0527. The van der Waals surface area contributed by atoms with Crippen LogP contribution in [0.4, 0.5) is 0 Å². The lowest BCUT2D eigenvalue weighted by atomic mass is 9.85. The molecule has 0 aliphatic carbocycles. The monoisotopic (exact) mass is 195 g/mol. The van der Waals surface area contributed by atoms with Gasteiger partial charge in [0.05, 0.1) is 6.07 Å². The molecule has 0 aromatic carbocycles. The van der Waals surface area contributed by atoms with Gasteiger partial charge in [-0.3, -0.25) is 4.79 Å². The van der Waals surface area contributed by atoms with E-state index in [1.165, 1.54) is 0 Å². The van der Waals surface area contributed by atoms with Gasteiger partial charge in [0.25, 0.3) is 0 Å². The van der Waals surface area contributed by atoms with E-state index in [1.54, 1.807) is 0 Å². The average molecular weight is 195 g/mol. The molecule has 0 aromatic heterocycles. The van der Waals surface area contributed by atoms with E-state index in [0.29, 0.717) is 19.6 Å². The van der Waals surface area contributed by atoms with Crippen molar-refractivity contribution >= 4 is 5.78 Å². The number of Topliss-reactive ketones (excluding diaryl/α,β-unsaturated/α-hetero) is 1. The minimum atomic E-state index is -0.0527. The largest absolute Gasteiger partial charge is 0.381 e. The second-order valence-electron chi connectivity index (χ2n) is 3.76. The number of ketones is 1. The number of carbonyl (C=O) groups excluding carboxylic acids is 1. The normalized spacial score (nSPS) is 20.0. The lowest BCUT2D eigenvalue weighted by Gasteiger charge is -2.23. The molecule has 0 N–H and O–H groups in total. The molecule has 1 rings (SSSR count). The quantitative estimate of drug-likeness (QED) is 0.688. The van der Waals surface area contributed by atoms with Crippen molar-refractivity contribution in [3.05, 3.63) is 0 Å². The summed E-state index contributed by atoms with van der Waals surface area (Å²) in [6.07, 6.45) is 2.82. The van der Waals surface area contributed by atoms with Crippen molar-refractivity contribution in [1.29, 1.82) is 5.26 Å². The number of hydrogen-bond acceptors (Lipinski definition) is 3. The summed E-state index contributed by atoms with van der Waals surface area (Å²) >= 11 is 0. The third-order valence-corrected chi connectivity index (χ3v) is 2.86. The summed E-state index contributed by atoms with van der Waals surface area (Å²) in [6, 6.07) is 2.09. The van der Waals surface area contributed by atoms with Gasteiger partial charge in [-0.25, -0.2) is 0 Å². The zero-order chi connectivity index (χ0) is 10.4. The van der Waals surface area contributed by atoms with E-state index in [2.05, 4.69) is 6.07 Å². The molecule has 0 aromatic rings. The molecular weight excluding hydrogens is 178 g/mol. The van der Waals surface area contributed by atoms with E-state index >= 15 is 0 Å². The molecule has 14 heavy (non-hydrogen) atoms. The molecule has 1 aliphatic heterocycles. The highest BCUT2D eigenvalue weighted by atomic mass is 16.5. The Balaban J connectivity index is 2.48. The highest BCUT2D eigenvalue weighted by Crippen LogP contribution is 2.22. The molecule has 0 radical (unpaired) electrons. The number of hydrogen-bond donors (Lipinski definition) is 0. The summed E-state index contributed by atoms with van der Waals surface area (Å²) in [4.78, 5) is 11.9. The fourth-order valence-electron chi connectivity index (χ4n) is 1.87. The van der Waals surface area contributed by atoms with Crippen LogP contribution in [0.1, 0.15) is 32.6 Å². The number of rotatable bonds is 4. The van der Waals surface area contributed by atoms with Gasteiger partial charge in [0, 0.05) is 31.5 Å². The second kappa shape index (κ2) is 5.77. The summed E-state index contributed by atoms with van der Waals surface area (Å²) in [6.45, 7) is 3.36. The van der Waals surface area contributed by atoms with Crippen LogP contribution in [-0.4, -0.2) is 19.0 Å². The van der Waals surface area contributed by atoms with E-state index in [-0.39, 0.29) is 17.6 Å². The molecule has 1 unspecified atom stereocenters. The molecule has 1 saturated heterocycles. The molecule has 1 heterocycles. The second-order valence-corrected chi connectivity index (χ2v) is 3.76. The molecule has 0 bridgehead atoms. The van der Waals surface area contributed by atoms with E-state index in [1.807, 2.05) is 6.92 Å². The fraction of sp³-hybridized carbons (Fsp3) is 0.818. The van der Waals surface area contributed by atoms with Crippen LogP contribution >= 0.6 is 0 Å². The van der Waals surface area contributed by atoms with Gasteiger partial charge >= 0.3 is 0 Å². The Morgan fingerprint density at radius 2 is 2.21 bits per heavy atom. The van der Waals surface area contributed by atoms with Crippen molar-refractivity contribution in [3.8, 4) is 6.07 Å². The van der Waals surface area contributed by atoms with Crippen LogP contribution in [0.5, 0.6) is 0 Å². The van der Waals surface area contributed by atoms with Gasteiger partial charge in [-0.2, -0.15) is 5.26 Å². The van der Waals surface area contributed by atoms with Crippen LogP contribution in [0, 0.1) is 23.2 Å². The van der Waals surface area contributed by atoms with Crippen LogP contribution < -0.4 is 0 Å². The summed E-state index contributed by atoms with van der Waals surface area (Å²) in [5.74, 6) is 0.363. The standard InChI is InChI=1S/C11H17NO2/c1-2-9(3-6-12)11(13)10-4-7-14-8-5-10/h9-10H,2-5,7-8H2,1H3. The van der Waals surface area contributed by atoms with Gasteiger partial charge in [-0.1, -0.05) is 6.92 Å². The maximum Gasteiger partial charge on any atom is 0.140 e. The van der Waals surface area contributed by atoms with Crippen molar-refractivity contribution < 1.29 is 9.53 Å². The van der Waals surface area contributed by atoms with Crippen molar-refractivity contribution in [2.75, 3.05) is 13.2 Å². The van der Waals surface area contributed by atoms with E-state index < -0.39 is 0 Å². The molecule has 1 atom stereocenters. The molecule has 3 heteroatoms. The lowest BCUT2D eigenvalue weighted by molar-refractivity contribution is -0.129. The lowest BCUT2D eigenvalue weighted by Crippen LogP contribution is -2.28. The van der Waals surface area contributed by atoms with Crippen LogP contribution in [-0.2, 0) is 9.53 Å².